The Hall–Kier alpha value is -3.26. The molecule has 25 heavy (non-hydrogen) atoms. The molecule has 0 heterocycles. The van der Waals surface area contributed by atoms with Gasteiger partial charge in [0.25, 0.3) is 0 Å². The summed E-state index contributed by atoms with van der Waals surface area (Å²) in [6.07, 6.45) is 0. The van der Waals surface area contributed by atoms with Crippen molar-refractivity contribution in [2.24, 2.45) is 0 Å². The molecule has 0 spiro atoms. The van der Waals surface area contributed by atoms with Gasteiger partial charge in [-0.1, -0.05) is 66.7 Å². The van der Waals surface area contributed by atoms with E-state index in [2.05, 4.69) is 24.3 Å². The van der Waals surface area contributed by atoms with Gasteiger partial charge in [-0.2, -0.15) is 0 Å². The smallest absolute Gasteiger partial charge is 0.135 e. The Morgan fingerprint density at radius 1 is 0.600 bits per heavy atom. The van der Waals surface area contributed by atoms with Gasteiger partial charge in [0, 0.05) is 11.1 Å². The van der Waals surface area contributed by atoms with Crippen LogP contribution in [0.25, 0.3) is 21.9 Å². The molecule has 2 heteroatoms. The maximum absolute atomic E-state index is 6.16. The van der Waals surface area contributed by atoms with Crippen LogP contribution in [0, 0.1) is 0 Å². The molecule has 0 saturated carbocycles. The highest BCUT2D eigenvalue weighted by molar-refractivity contribution is 6.01. The van der Waals surface area contributed by atoms with Crippen LogP contribution in [0.4, 0.5) is 0 Å². The van der Waals surface area contributed by atoms with E-state index in [0.29, 0.717) is 0 Å². The van der Waals surface area contributed by atoms with Gasteiger partial charge in [-0.05, 0) is 35.0 Å². The molecule has 0 amide bonds. The molecular formula is C23H18O2. The van der Waals surface area contributed by atoms with Gasteiger partial charge < -0.3 is 9.47 Å². The van der Waals surface area contributed by atoms with Crippen molar-refractivity contribution >= 4 is 10.8 Å². The van der Waals surface area contributed by atoms with Crippen molar-refractivity contribution in [2.45, 2.75) is 0 Å². The molecule has 0 aliphatic rings. The van der Waals surface area contributed by atoms with Gasteiger partial charge in [-0.3, -0.25) is 0 Å². The quantitative estimate of drug-likeness (QED) is 0.437. The highest BCUT2D eigenvalue weighted by Crippen LogP contribution is 2.42. The van der Waals surface area contributed by atoms with Gasteiger partial charge in [0.05, 0.1) is 7.11 Å². The van der Waals surface area contributed by atoms with Crippen LogP contribution < -0.4 is 9.47 Å². The van der Waals surface area contributed by atoms with Crippen molar-refractivity contribution in [1.82, 2.24) is 0 Å². The average molecular weight is 326 g/mol. The molecule has 0 aliphatic heterocycles. The zero-order chi connectivity index (χ0) is 17.1. The van der Waals surface area contributed by atoms with E-state index in [1.807, 2.05) is 66.7 Å². The SMILES string of the molecule is COc1ccc2ccccc2c1-c1ccccc1Oc1ccccc1. The molecule has 0 unspecified atom stereocenters. The fourth-order valence-electron chi connectivity index (χ4n) is 3.08. The second-order valence-electron chi connectivity index (χ2n) is 5.78. The topological polar surface area (TPSA) is 18.5 Å². The van der Waals surface area contributed by atoms with Gasteiger partial charge in [0.2, 0.25) is 0 Å². The molecule has 0 fully saturated rings. The minimum atomic E-state index is 0.809. The third-order valence-corrected chi connectivity index (χ3v) is 4.24. The maximum Gasteiger partial charge on any atom is 0.135 e. The zero-order valence-electron chi connectivity index (χ0n) is 14.0. The lowest BCUT2D eigenvalue weighted by Crippen LogP contribution is -1.93. The van der Waals surface area contributed by atoms with E-state index < -0.39 is 0 Å². The fraction of sp³-hybridized carbons (Fsp3) is 0.0435. The van der Waals surface area contributed by atoms with Crippen LogP contribution >= 0.6 is 0 Å². The highest BCUT2D eigenvalue weighted by atomic mass is 16.5. The number of para-hydroxylation sites is 2. The summed E-state index contributed by atoms with van der Waals surface area (Å²) in [4.78, 5) is 0. The van der Waals surface area contributed by atoms with Crippen molar-refractivity contribution in [3.8, 4) is 28.4 Å². The van der Waals surface area contributed by atoms with E-state index >= 15 is 0 Å². The third-order valence-electron chi connectivity index (χ3n) is 4.24. The summed E-state index contributed by atoms with van der Waals surface area (Å²) in [6, 6.07) is 30.3. The van der Waals surface area contributed by atoms with Crippen LogP contribution in [0.3, 0.4) is 0 Å². The van der Waals surface area contributed by atoms with Crippen molar-refractivity contribution in [2.75, 3.05) is 7.11 Å². The largest absolute Gasteiger partial charge is 0.496 e. The molecule has 0 atom stereocenters. The summed E-state index contributed by atoms with van der Waals surface area (Å²) >= 11 is 0. The van der Waals surface area contributed by atoms with Crippen LogP contribution in [0.1, 0.15) is 0 Å². The first-order valence-electron chi connectivity index (χ1n) is 8.25. The molecule has 0 saturated heterocycles. The van der Waals surface area contributed by atoms with E-state index in [1.165, 1.54) is 5.39 Å². The van der Waals surface area contributed by atoms with Gasteiger partial charge in [-0.15, -0.1) is 0 Å². The normalized spacial score (nSPS) is 10.6. The molecule has 2 nitrogen and oxygen atoms in total. The Labute approximate surface area is 147 Å². The molecule has 0 bridgehead atoms. The van der Waals surface area contributed by atoms with E-state index in [-0.39, 0.29) is 0 Å². The highest BCUT2D eigenvalue weighted by Gasteiger charge is 2.15. The summed E-state index contributed by atoms with van der Waals surface area (Å²) in [7, 11) is 1.70. The minimum Gasteiger partial charge on any atom is -0.496 e. The number of methoxy groups -OCH3 is 1. The average Bonchev–Trinajstić information content (AvgIpc) is 2.68. The lowest BCUT2D eigenvalue weighted by molar-refractivity contribution is 0.416. The summed E-state index contributed by atoms with van der Waals surface area (Å²) in [5, 5.41) is 2.32. The number of rotatable bonds is 4. The summed E-state index contributed by atoms with van der Waals surface area (Å²) in [5.74, 6) is 2.46. The third kappa shape index (κ3) is 2.94. The fourth-order valence-corrected chi connectivity index (χ4v) is 3.08. The first kappa shape index (κ1) is 15.3. The first-order valence-corrected chi connectivity index (χ1v) is 8.25. The van der Waals surface area contributed by atoms with Gasteiger partial charge >= 0.3 is 0 Å². The Bertz CT molecular complexity index is 1010. The van der Waals surface area contributed by atoms with Crippen molar-refractivity contribution in [1.29, 1.82) is 0 Å². The molecule has 122 valence electrons. The van der Waals surface area contributed by atoms with Crippen LogP contribution in [-0.4, -0.2) is 7.11 Å². The van der Waals surface area contributed by atoms with Crippen LogP contribution in [0.15, 0.2) is 91.0 Å². The van der Waals surface area contributed by atoms with Crippen LogP contribution in [0.5, 0.6) is 17.2 Å². The van der Waals surface area contributed by atoms with Crippen molar-refractivity contribution in [3.05, 3.63) is 91.0 Å². The molecular weight excluding hydrogens is 308 g/mol. The first-order chi connectivity index (χ1) is 12.4. The predicted octanol–water partition coefficient (Wildman–Crippen LogP) is 6.31. The standard InChI is InChI=1S/C23H18O2/c1-24-22-16-15-17-9-5-6-12-19(17)23(22)20-13-7-8-14-21(20)25-18-10-3-2-4-11-18/h2-16H,1H3. The monoisotopic (exact) mass is 326 g/mol. The molecule has 4 aromatic carbocycles. The number of hydrogen-bond donors (Lipinski definition) is 0. The molecule has 4 aromatic rings. The second kappa shape index (κ2) is 6.70. The van der Waals surface area contributed by atoms with Gasteiger partial charge in [0.1, 0.15) is 17.2 Å². The Balaban J connectivity index is 1.92. The lowest BCUT2D eigenvalue weighted by Gasteiger charge is -2.16. The Morgan fingerprint density at radius 2 is 1.32 bits per heavy atom. The number of ether oxygens (including phenoxy) is 2. The van der Waals surface area contributed by atoms with Gasteiger partial charge in [0.15, 0.2) is 0 Å². The molecule has 4 rings (SSSR count). The Morgan fingerprint density at radius 3 is 2.16 bits per heavy atom. The van der Waals surface area contributed by atoms with Crippen molar-refractivity contribution in [3.63, 3.8) is 0 Å². The van der Waals surface area contributed by atoms with Crippen molar-refractivity contribution < 1.29 is 9.47 Å². The zero-order valence-corrected chi connectivity index (χ0v) is 14.0. The van der Waals surface area contributed by atoms with E-state index in [0.717, 1.165) is 33.8 Å². The predicted molar refractivity (Wildman–Crippen MR) is 102 cm³/mol. The van der Waals surface area contributed by atoms with Crippen LogP contribution in [-0.2, 0) is 0 Å². The van der Waals surface area contributed by atoms with E-state index in [1.54, 1.807) is 7.11 Å². The Kier molecular flexibility index (Phi) is 4.09. The summed E-state index contributed by atoms with van der Waals surface area (Å²) < 4.78 is 11.8. The molecule has 0 aliphatic carbocycles. The summed E-state index contributed by atoms with van der Waals surface area (Å²) in [5.41, 5.74) is 2.06. The molecule has 0 aromatic heterocycles. The number of benzene rings is 4. The minimum absolute atomic E-state index is 0.809. The molecule has 0 radical (unpaired) electrons. The second-order valence-corrected chi connectivity index (χ2v) is 5.78. The lowest BCUT2D eigenvalue weighted by atomic mass is 9.96. The van der Waals surface area contributed by atoms with Gasteiger partial charge in [-0.25, -0.2) is 0 Å². The maximum atomic E-state index is 6.16. The number of hydrogen-bond acceptors (Lipinski definition) is 2. The van der Waals surface area contributed by atoms with E-state index in [9.17, 15) is 0 Å². The summed E-state index contributed by atoms with van der Waals surface area (Å²) in [6.45, 7) is 0. The number of fused-ring (bicyclic) bond motifs is 1. The van der Waals surface area contributed by atoms with Crippen LogP contribution in [0.2, 0.25) is 0 Å². The van der Waals surface area contributed by atoms with E-state index in [4.69, 9.17) is 9.47 Å². The molecule has 0 N–H and O–H groups in total.